The molecular weight excluding hydrogens is 541 g/mol. The lowest BCUT2D eigenvalue weighted by molar-refractivity contribution is -0.140. The minimum absolute atomic E-state index is 0.0331. The molecule has 39 heavy (non-hydrogen) atoms. The Morgan fingerprint density at radius 2 is 1.54 bits per heavy atom. The minimum Gasteiger partial charge on any atom is -0.350 e. The number of anilines is 1. The first kappa shape index (κ1) is 30.1. The van der Waals surface area contributed by atoms with Crippen molar-refractivity contribution in [2.45, 2.75) is 45.3 Å². The smallest absolute Gasteiger partial charge is 0.244 e. The topological polar surface area (TPSA) is 86.8 Å². The third-order valence-electron chi connectivity index (χ3n) is 5.86. The molecule has 0 aromatic heterocycles. The van der Waals surface area contributed by atoms with Gasteiger partial charge in [0.05, 0.1) is 11.9 Å². The number of rotatable bonds is 10. The summed E-state index contributed by atoms with van der Waals surface area (Å²) < 4.78 is 39.9. The molecule has 3 rings (SSSR count). The summed E-state index contributed by atoms with van der Waals surface area (Å²) in [6.07, 6.45) is 1.16. The van der Waals surface area contributed by atoms with Gasteiger partial charge in [0.1, 0.15) is 18.4 Å². The van der Waals surface area contributed by atoms with Crippen LogP contribution in [-0.4, -0.2) is 49.5 Å². The van der Waals surface area contributed by atoms with Gasteiger partial charge in [-0.2, -0.15) is 0 Å². The largest absolute Gasteiger partial charge is 0.350 e. The first-order chi connectivity index (χ1) is 18.2. The number of carbonyl (C=O) groups excluding carboxylic acids is 2. The van der Waals surface area contributed by atoms with E-state index in [0.717, 1.165) is 28.3 Å². The zero-order chi connectivity index (χ0) is 28.8. The Labute approximate surface area is 234 Å². The minimum atomic E-state index is -3.94. The van der Waals surface area contributed by atoms with Crippen LogP contribution < -0.4 is 9.62 Å². The van der Waals surface area contributed by atoms with Gasteiger partial charge in [0, 0.05) is 23.5 Å². The van der Waals surface area contributed by atoms with Gasteiger partial charge >= 0.3 is 0 Å². The maximum atomic E-state index is 14.0. The van der Waals surface area contributed by atoms with Crippen LogP contribution in [0.3, 0.4) is 0 Å². The second-order valence-electron chi connectivity index (χ2n) is 10.3. The molecule has 0 saturated heterocycles. The molecule has 7 nitrogen and oxygen atoms in total. The standard InChI is InChI=1S/C29H33ClFN3O4S/c1-29(2,3)32-28(36)26(18-21-10-6-5-7-11-21)33(19-22-12-8-9-13-25(22)30)27(35)20-34(39(4,37)38)24-16-14-23(31)15-17-24/h5-17,26H,18-20H2,1-4H3,(H,32,36)/t26-/m0/s1. The molecule has 0 spiro atoms. The number of hydrogen-bond donors (Lipinski definition) is 1. The SMILES string of the molecule is CC(C)(C)NC(=O)[C@H](Cc1ccccc1)N(Cc1ccccc1Cl)C(=O)CN(c1ccc(F)cc1)S(C)(=O)=O. The van der Waals surface area contributed by atoms with E-state index in [1.165, 1.54) is 17.0 Å². The van der Waals surface area contributed by atoms with Crippen molar-refractivity contribution >= 4 is 39.1 Å². The van der Waals surface area contributed by atoms with E-state index in [9.17, 15) is 22.4 Å². The number of sulfonamides is 1. The molecule has 1 atom stereocenters. The van der Waals surface area contributed by atoms with Crippen molar-refractivity contribution < 1.29 is 22.4 Å². The highest BCUT2D eigenvalue weighted by molar-refractivity contribution is 7.92. The summed E-state index contributed by atoms with van der Waals surface area (Å²) in [4.78, 5) is 29.0. The van der Waals surface area contributed by atoms with Crippen LogP contribution in [0.1, 0.15) is 31.9 Å². The van der Waals surface area contributed by atoms with Gasteiger partial charge in [-0.3, -0.25) is 13.9 Å². The van der Waals surface area contributed by atoms with Gasteiger partial charge in [0.2, 0.25) is 21.8 Å². The molecule has 0 bridgehead atoms. The van der Waals surface area contributed by atoms with Crippen LogP contribution >= 0.6 is 11.6 Å². The summed E-state index contributed by atoms with van der Waals surface area (Å²) in [6, 6.07) is 20.0. The highest BCUT2D eigenvalue weighted by Crippen LogP contribution is 2.23. The molecule has 0 unspecified atom stereocenters. The van der Waals surface area contributed by atoms with E-state index in [4.69, 9.17) is 11.6 Å². The van der Waals surface area contributed by atoms with Gasteiger partial charge < -0.3 is 10.2 Å². The number of hydrogen-bond acceptors (Lipinski definition) is 4. The fourth-order valence-electron chi connectivity index (χ4n) is 4.04. The van der Waals surface area contributed by atoms with Gasteiger partial charge in [-0.05, 0) is 62.2 Å². The second-order valence-corrected chi connectivity index (χ2v) is 12.6. The average Bonchev–Trinajstić information content (AvgIpc) is 2.85. The predicted molar refractivity (Wildman–Crippen MR) is 152 cm³/mol. The van der Waals surface area contributed by atoms with Gasteiger partial charge in [0.15, 0.2) is 0 Å². The number of amides is 2. The number of carbonyl (C=O) groups is 2. The Kier molecular flexibility index (Phi) is 9.74. The molecule has 0 aliphatic carbocycles. The molecule has 0 heterocycles. The van der Waals surface area contributed by atoms with Crippen molar-refractivity contribution in [1.29, 1.82) is 0 Å². The van der Waals surface area contributed by atoms with Crippen LogP contribution in [0, 0.1) is 5.82 Å². The van der Waals surface area contributed by atoms with Crippen LogP contribution in [0.2, 0.25) is 5.02 Å². The lowest BCUT2D eigenvalue weighted by Crippen LogP contribution is -2.56. The van der Waals surface area contributed by atoms with E-state index in [2.05, 4.69) is 5.32 Å². The highest BCUT2D eigenvalue weighted by atomic mass is 35.5. The Morgan fingerprint density at radius 3 is 2.10 bits per heavy atom. The van der Waals surface area contributed by atoms with Crippen LogP contribution in [0.25, 0.3) is 0 Å². The fraction of sp³-hybridized carbons (Fsp3) is 0.310. The summed E-state index contributed by atoms with van der Waals surface area (Å²) in [6.45, 7) is 4.89. The molecular formula is C29H33ClFN3O4S. The van der Waals surface area contributed by atoms with Crippen molar-refractivity contribution in [3.05, 3.63) is 101 Å². The molecule has 3 aromatic rings. The Balaban J connectivity index is 2.08. The monoisotopic (exact) mass is 573 g/mol. The molecule has 208 valence electrons. The van der Waals surface area contributed by atoms with E-state index in [1.54, 1.807) is 24.3 Å². The average molecular weight is 574 g/mol. The number of benzene rings is 3. The van der Waals surface area contributed by atoms with Gasteiger partial charge in [-0.1, -0.05) is 60.1 Å². The Morgan fingerprint density at radius 1 is 0.949 bits per heavy atom. The van der Waals surface area contributed by atoms with Crippen LogP contribution in [-0.2, 0) is 32.6 Å². The molecule has 0 fully saturated rings. The summed E-state index contributed by atoms with van der Waals surface area (Å²) in [7, 11) is -3.94. The lowest BCUT2D eigenvalue weighted by Gasteiger charge is -2.35. The molecule has 1 N–H and O–H groups in total. The van der Waals surface area contributed by atoms with E-state index in [-0.39, 0.29) is 24.6 Å². The first-order valence-electron chi connectivity index (χ1n) is 12.4. The van der Waals surface area contributed by atoms with E-state index in [0.29, 0.717) is 10.6 Å². The quantitative estimate of drug-likeness (QED) is 0.377. The van der Waals surface area contributed by atoms with Gasteiger partial charge in [0.25, 0.3) is 0 Å². The zero-order valence-electron chi connectivity index (χ0n) is 22.4. The van der Waals surface area contributed by atoms with E-state index in [1.807, 2.05) is 51.1 Å². The number of nitrogens with one attached hydrogen (secondary N) is 1. The second kappa shape index (κ2) is 12.6. The Bertz CT molecular complexity index is 1390. The fourth-order valence-corrected chi connectivity index (χ4v) is 5.08. The van der Waals surface area contributed by atoms with Crippen molar-refractivity contribution in [2.75, 3.05) is 17.1 Å². The molecule has 3 aromatic carbocycles. The molecule has 0 aliphatic heterocycles. The predicted octanol–water partition coefficient (Wildman–Crippen LogP) is 4.80. The van der Waals surface area contributed by atoms with Crippen molar-refractivity contribution in [3.63, 3.8) is 0 Å². The highest BCUT2D eigenvalue weighted by Gasteiger charge is 2.34. The summed E-state index contributed by atoms with van der Waals surface area (Å²) >= 11 is 6.43. The van der Waals surface area contributed by atoms with Crippen molar-refractivity contribution in [3.8, 4) is 0 Å². The third-order valence-corrected chi connectivity index (χ3v) is 7.37. The maximum absolute atomic E-state index is 14.0. The van der Waals surface area contributed by atoms with Crippen LogP contribution in [0.5, 0.6) is 0 Å². The zero-order valence-corrected chi connectivity index (χ0v) is 24.0. The van der Waals surface area contributed by atoms with Gasteiger partial charge in [-0.25, -0.2) is 12.8 Å². The Hall–Kier alpha value is -3.43. The number of nitrogens with zero attached hydrogens (tertiary/aromatic N) is 2. The molecule has 2 amide bonds. The molecule has 0 aliphatic rings. The maximum Gasteiger partial charge on any atom is 0.244 e. The van der Waals surface area contributed by atoms with E-state index >= 15 is 0 Å². The summed E-state index contributed by atoms with van der Waals surface area (Å²) in [5.41, 5.74) is 0.963. The third kappa shape index (κ3) is 8.80. The molecule has 10 heteroatoms. The normalized spacial score (nSPS) is 12.5. The van der Waals surface area contributed by atoms with E-state index < -0.39 is 39.9 Å². The molecule has 0 saturated carbocycles. The van der Waals surface area contributed by atoms with Crippen LogP contribution in [0.15, 0.2) is 78.9 Å². The van der Waals surface area contributed by atoms with Gasteiger partial charge in [-0.15, -0.1) is 0 Å². The summed E-state index contributed by atoms with van der Waals surface area (Å²) in [5.74, 6) is -1.55. The molecule has 0 radical (unpaired) electrons. The van der Waals surface area contributed by atoms with Crippen molar-refractivity contribution in [2.24, 2.45) is 0 Å². The lowest BCUT2D eigenvalue weighted by atomic mass is 10.0. The van der Waals surface area contributed by atoms with Crippen molar-refractivity contribution in [1.82, 2.24) is 10.2 Å². The first-order valence-corrected chi connectivity index (χ1v) is 14.6. The summed E-state index contributed by atoms with van der Waals surface area (Å²) in [5, 5.41) is 3.36. The van der Waals surface area contributed by atoms with Crippen LogP contribution in [0.4, 0.5) is 10.1 Å². The number of halogens is 2.